The Morgan fingerprint density at radius 3 is 1.81 bits per heavy atom. The smallest absolute Gasteiger partial charge is 0.119 e. The highest BCUT2D eigenvalue weighted by molar-refractivity contribution is 5.35. The van der Waals surface area contributed by atoms with Crippen LogP contribution in [0.25, 0.3) is 0 Å². The van der Waals surface area contributed by atoms with Crippen LogP contribution in [0.2, 0.25) is 0 Å². The van der Waals surface area contributed by atoms with E-state index in [0.29, 0.717) is 11.7 Å². The van der Waals surface area contributed by atoms with E-state index >= 15 is 0 Å². The van der Waals surface area contributed by atoms with E-state index in [1.54, 1.807) is 0 Å². The molecular formula is C26H46O. The fourth-order valence-corrected chi connectivity index (χ4v) is 4.50. The lowest BCUT2D eigenvalue weighted by molar-refractivity contribution is 0.325. The van der Waals surface area contributed by atoms with Crippen molar-refractivity contribution in [3.63, 3.8) is 0 Å². The molecule has 1 rings (SSSR count). The molecule has 0 aromatic heterocycles. The van der Waals surface area contributed by atoms with Crippen molar-refractivity contribution in [2.75, 3.05) is 0 Å². The van der Waals surface area contributed by atoms with Crippen molar-refractivity contribution in [1.82, 2.24) is 0 Å². The number of aromatic hydroxyl groups is 1. The maximum Gasteiger partial charge on any atom is 0.119 e. The molecule has 0 aliphatic carbocycles. The van der Waals surface area contributed by atoms with Crippen LogP contribution >= 0.6 is 0 Å². The Morgan fingerprint density at radius 2 is 1.22 bits per heavy atom. The van der Waals surface area contributed by atoms with Gasteiger partial charge < -0.3 is 5.11 Å². The molecule has 0 saturated heterocycles. The molecule has 1 aromatic rings. The van der Waals surface area contributed by atoms with Gasteiger partial charge in [0.2, 0.25) is 0 Å². The maximum atomic E-state index is 10.5. The number of para-hydroxylation sites is 1. The van der Waals surface area contributed by atoms with Gasteiger partial charge in [0, 0.05) is 0 Å². The van der Waals surface area contributed by atoms with Gasteiger partial charge >= 0.3 is 0 Å². The summed E-state index contributed by atoms with van der Waals surface area (Å²) >= 11 is 0. The number of unbranched alkanes of at least 4 members (excludes halogenated alkanes) is 9. The number of phenolic OH excluding ortho intramolecular Hbond substituents is 1. The monoisotopic (exact) mass is 374 g/mol. The van der Waals surface area contributed by atoms with E-state index in [0.717, 1.165) is 5.92 Å². The Morgan fingerprint density at radius 1 is 0.630 bits per heavy atom. The van der Waals surface area contributed by atoms with Crippen LogP contribution in [0.3, 0.4) is 0 Å². The summed E-state index contributed by atoms with van der Waals surface area (Å²) in [6, 6.07) is 8.10. The average Bonchev–Trinajstić information content (AvgIpc) is 2.68. The summed E-state index contributed by atoms with van der Waals surface area (Å²) < 4.78 is 0. The van der Waals surface area contributed by atoms with Crippen molar-refractivity contribution in [1.29, 1.82) is 0 Å². The van der Waals surface area contributed by atoms with Gasteiger partial charge in [0.25, 0.3) is 0 Å². The van der Waals surface area contributed by atoms with E-state index in [1.165, 1.54) is 102 Å². The molecule has 0 spiro atoms. The van der Waals surface area contributed by atoms with Gasteiger partial charge in [-0.1, -0.05) is 122 Å². The molecular weight excluding hydrogens is 328 g/mol. The molecule has 1 heteroatoms. The number of hydrogen-bond acceptors (Lipinski definition) is 1. The predicted octanol–water partition coefficient (Wildman–Crippen LogP) is 9.00. The SMILES string of the molecule is CCCCCCCCCCCC(c1ccccc1O)C(CCC)CCCC. The summed E-state index contributed by atoms with van der Waals surface area (Å²) in [4.78, 5) is 0. The Balaban J connectivity index is 2.52. The first-order valence-corrected chi connectivity index (χ1v) is 12.0. The lowest BCUT2D eigenvalue weighted by atomic mass is 9.77. The summed E-state index contributed by atoms with van der Waals surface area (Å²) in [5.74, 6) is 1.76. The highest BCUT2D eigenvalue weighted by Crippen LogP contribution is 2.39. The molecule has 2 unspecified atom stereocenters. The van der Waals surface area contributed by atoms with Gasteiger partial charge in [-0.2, -0.15) is 0 Å². The normalized spacial score (nSPS) is 13.6. The van der Waals surface area contributed by atoms with E-state index in [2.05, 4.69) is 32.9 Å². The molecule has 1 nitrogen and oxygen atoms in total. The maximum absolute atomic E-state index is 10.5. The molecule has 27 heavy (non-hydrogen) atoms. The summed E-state index contributed by atoms with van der Waals surface area (Å²) in [5, 5.41) is 10.5. The predicted molar refractivity (Wildman–Crippen MR) is 121 cm³/mol. The molecule has 0 amide bonds. The quantitative estimate of drug-likeness (QED) is 0.270. The lowest BCUT2D eigenvalue weighted by Crippen LogP contribution is -2.14. The van der Waals surface area contributed by atoms with Gasteiger partial charge in [0.1, 0.15) is 5.75 Å². The third kappa shape index (κ3) is 10.2. The van der Waals surface area contributed by atoms with Crippen LogP contribution in [0.4, 0.5) is 0 Å². The van der Waals surface area contributed by atoms with Crippen LogP contribution in [-0.4, -0.2) is 5.11 Å². The largest absolute Gasteiger partial charge is 0.508 e. The highest BCUT2D eigenvalue weighted by Gasteiger charge is 2.24. The second-order valence-corrected chi connectivity index (χ2v) is 8.47. The zero-order valence-corrected chi connectivity index (χ0v) is 18.5. The van der Waals surface area contributed by atoms with Crippen LogP contribution in [0.5, 0.6) is 5.75 Å². The molecule has 0 aliphatic heterocycles. The van der Waals surface area contributed by atoms with Gasteiger partial charge in [-0.25, -0.2) is 0 Å². The Bertz CT molecular complexity index is 453. The summed E-state index contributed by atoms with van der Waals surface area (Å²) in [7, 11) is 0. The number of phenols is 1. The first-order valence-electron chi connectivity index (χ1n) is 12.0. The van der Waals surface area contributed by atoms with Crippen molar-refractivity contribution in [2.24, 2.45) is 5.92 Å². The molecule has 0 radical (unpaired) electrons. The van der Waals surface area contributed by atoms with E-state index in [-0.39, 0.29) is 0 Å². The minimum absolute atomic E-state index is 0.510. The fourth-order valence-electron chi connectivity index (χ4n) is 4.50. The van der Waals surface area contributed by atoms with Crippen molar-refractivity contribution >= 4 is 0 Å². The minimum atomic E-state index is 0.510. The number of hydrogen-bond donors (Lipinski definition) is 1. The molecule has 156 valence electrons. The first-order chi connectivity index (χ1) is 13.2. The van der Waals surface area contributed by atoms with Crippen LogP contribution in [0, 0.1) is 5.92 Å². The topological polar surface area (TPSA) is 20.2 Å². The standard InChI is InChI=1S/C26H46O/c1-4-7-9-10-11-12-13-14-15-20-24(23(18-6-3)19-8-5-2)25-21-16-17-22-26(25)27/h16-17,21-24,27H,4-15,18-20H2,1-3H3. The molecule has 1 aromatic carbocycles. The van der Waals surface area contributed by atoms with Crippen LogP contribution in [-0.2, 0) is 0 Å². The van der Waals surface area contributed by atoms with Gasteiger partial charge in [0.05, 0.1) is 0 Å². The van der Waals surface area contributed by atoms with Crippen molar-refractivity contribution < 1.29 is 5.11 Å². The van der Waals surface area contributed by atoms with Gasteiger partial charge in [0.15, 0.2) is 0 Å². The zero-order chi connectivity index (χ0) is 19.7. The van der Waals surface area contributed by atoms with E-state index in [1.807, 2.05) is 12.1 Å². The average molecular weight is 375 g/mol. The van der Waals surface area contributed by atoms with Gasteiger partial charge in [-0.15, -0.1) is 0 Å². The summed E-state index contributed by atoms with van der Waals surface area (Å²) in [6.45, 7) is 6.88. The Labute approximate surface area is 170 Å². The number of benzene rings is 1. The van der Waals surface area contributed by atoms with E-state index in [4.69, 9.17) is 0 Å². The molecule has 1 N–H and O–H groups in total. The summed E-state index contributed by atoms with van der Waals surface area (Å²) in [5.41, 5.74) is 1.20. The zero-order valence-electron chi connectivity index (χ0n) is 18.5. The molecule has 0 aliphatic rings. The molecule has 0 saturated carbocycles. The fraction of sp³-hybridized carbons (Fsp3) is 0.769. The molecule has 0 heterocycles. The van der Waals surface area contributed by atoms with E-state index in [9.17, 15) is 5.11 Å². The number of rotatable bonds is 17. The van der Waals surface area contributed by atoms with Crippen LogP contribution in [0.1, 0.15) is 129 Å². The van der Waals surface area contributed by atoms with Crippen LogP contribution < -0.4 is 0 Å². The molecule has 2 atom stereocenters. The highest BCUT2D eigenvalue weighted by atomic mass is 16.3. The van der Waals surface area contributed by atoms with Crippen molar-refractivity contribution in [3.05, 3.63) is 29.8 Å². The first kappa shape index (κ1) is 24.1. The van der Waals surface area contributed by atoms with Gasteiger partial charge in [-0.05, 0) is 36.3 Å². The van der Waals surface area contributed by atoms with Crippen molar-refractivity contribution in [3.8, 4) is 5.75 Å². The molecule has 0 bridgehead atoms. The van der Waals surface area contributed by atoms with Crippen LogP contribution in [0.15, 0.2) is 24.3 Å². The van der Waals surface area contributed by atoms with Gasteiger partial charge in [-0.3, -0.25) is 0 Å². The van der Waals surface area contributed by atoms with Crippen molar-refractivity contribution in [2.45, 2.75) is 123 Å². The third-order valence-electron chi connectivity index (χ3n) is 6.11. The van der Waals surface area contributed by atoms with E-state index < -0.39 is 0 Å². The molecule has 0 fully saturated rings. The summed E-state index contributed by atoms with van der Waals surface area (Å²) in [6.07, 6.45) is 20.1. The lowest BCUT2D eigenvalue weighted by Gasteiger charge is -2.28. The second kappa shape index (κ2) is 16.0. The second-order valence-electron chi connectivity index (χ2n) is 8.47. The Hall–Kier alpha value is -0.980. The minimum Gasteiger partial charge on any atom is -0.508 e. The Kier molecular flexibility index (Phi) is 14.3. The third-order valence-corrected chi connectivity index (χ3v) is 6.11.